The molecule has 0 saturated carbocycles. The van der Waals surface area contributed by atoms with Gasteiger partial charge in [-0.05, 0) is 24.5 Å². The van der Waals surface area contributed by atoms with Gasteiger partial charge in [0.15, 0.2) is 34.4 Å². The molecule has 1 aliphatic rings. The van der Waals surface area contributed by atoms with E-state index in [9.17, 15) is 10.2 Å². The van der Waals surface area contributed by atoms with E-state index >= 15 is 0 Å². The van der Waals surface area contributed by atoms with E-state index in [0.29, 0.717) is 40.1 Å². The van der Waals surface area contributed by atoms with Gasteiger partial charge in [0, 0.05) is 19.2 Å². The van der Waals surface area contributed by atoms with Crippen molar-refractivity contribution in [2.45, 2.75) is 43.8 Å². The Hall–Kier alpha value is -2.54. The third kappa shape index (κ3) is 3.71. The number of unbranched alkanes of at least 4 members (excludes halogenated alkanes) is 2. The standard InChI is InChI=1S/C20H23N5O3S/c1-3-4-5-6-9-14-22-15-18(21-2)23-17(13-8-7-10-28-13)24-19(15)25(14)20-16(27)12(26)11-29-20/h7-8,10,12,16,20,26-27H,3-5,11H2,1-2H3,(H,21,23,24)/t12-,16-,20-/m1/s1. The molecule has 152 valence electrons. The van der Waals surface area contributed by atoms with Gasteiger partial charge in [0.25, 0.3) is 0 Å². The summed E-state index contributed by atoms with van der Waals surface area (Å²) >= 11 is 1.46. The molecule has 4 heterocycles. The van der Waals surface area contributed by atoms with Crippen LogP contribution in [0.4, 0.5) is 5.82 Å². The van der Waals surface area contributed by atoms with E-state index < -0.39 is 17.6 Å². The smallest absolute Gasteiger partial charge is 0.199 e. The molecule has 3 atom stereocenters. The van der Waals surface area contributed by atoms with Gasteiger partial charge in [0.1, 0.15) is 11.5 Å². The molecule has 1 aliphatic heterocycles. The summed E-state index contributed by atoms with van der Waals surface area (Å²) < 4.78 is 7.28. The maximum atomic E-state index is 10.6. The van der Waals surface area contributed by atoms with E-state index in [-0.39, 0.29) is 0 Å². The number of aromatic nitrogens is 4. The first-order chi connectivity index (χ1) is 14.1. The number of nitrogens with zero attached hydrogens (tertiary/aromatic N) is 4. The molecule has 3 N–H and O–H groups in total. The first-order valence-corrected chi connectivity index (χ1v) is 10.7. The highest BCUT2D eigenvalue weighted by molar-refractivity contribution is 7.99. The lowest BCUT2D eigenvalue weighted by Crippen LogP contribution is -2.28. The van der Waals surface area contributed by atoms with Crippen LogP contribution in [0.3, 0.4) is 0 Å². The molecule has 1 saturated heterocycles. The van der Waals surface area contributed by atoms with Gasteiger partial charge in [-0.2, -0.15) is 0 Å². The van der Waals surface area contributed by atoms with Crippen molar-refractivity contribution in [3.63, 3.8) is 0 Å². The van der Waals surface area contributed by atoms with Crippen molar-refractivity contribution < 1.29 is 14.6 Å². The van der Waals surface area contributed by atoms with Gasteiger partial charge in [-0.15, -0.1) is 11.8 Å². The molecule has 0 aromatic carbocycles. The van der Waals surface area contributed by atoms with Crippen molar-refractivity contribution in [1.29, 1.82) is 0 Å². The van der Waals surface area contributed by atoms with Crippen molar-refractivity contribution in [2.24, 2.45) is 0 Å². The van der Waals surface area contributed by atoms with Gasteiger partial charge in [-0.1, -0.05) is 19.3 Å². The molecule has 0 unspecified atom stereocenters. The molecular formula is C20H23N5O3S. The van der Waals surface area contributed by atoms with Crippen molar-refractivity contribution in [2.75, 3.05) is 18.1 Å². The second-order valence-corrected chi connectivity index (χ2v) is 7.94. The molecule has 3 aromatic rings. The zero-order chi connectivity index (χ0) is 20.4. The Balaban J connectivity index is 1.91. The molecule has 8 nitrogen and oxygen atoms in total. The van der Waals surface area contributed by atoms with Gasteiger partial charge in [-0.25, -0.2) is 15.0 Å². The number of anilines is 1. The van der Waals surface area contributed by atoms with Gasteiger partial charge in [0.05, 0.1) is 12.4 Å². The second kappa shape index (κ2) is 8.45. The summed E-state index contributed by atoms with van der Waals surface area (Å²) in [6.45, 7) is 2.12. The highest BCUT2D eigenvalue weighted by atomic mass is 32.2. The Morgan fingerprint density at radius 1 is 1.34 bits per heavy atom. The average Bonchev–Trinajstić information content (AvgIpc) is 3.45. The zero-order valence-electron chi connectivity index (χ0n) is 16.3. The Kier molecular flexibility index (Phi) is 5.76. The number of aliphatic hydroxyl groups is 2. The first-order valence-electron chi connectivity index (χ1n) is 9.62. The lowest BCUT2D eigenvalue weighted by molar-refractivity contribution is 0.0312. The minimum Gasteiger partial charge on any atom is -0.461 e. The number of thioether (sulfide) groups is 1. The molecule has 0 amide bonds. The van der Waals surface area contributed by atoms with Crippen LogP contribution >= 0.6 is 11.8 Å². The van der Waals surface area contributed by atoms with E-state index in [4.69, 9.17) is 4.42 Å². The van der Waals surface area contributed by atoms with Crippen LogP contribution in [0.5, 0.6) is 0 Å². The van der Waals surface area contributed by atoms with Crippen LogP contribution in [0.1, 0.15) is 37.4 Å². The predicted molar refractivity (Wildman–Crippen MR) is 112 cm³/mol. The average molecular weight is 414 g/mol. The maximum absolute atomic E-state index is 10.6. The zero-order valence-corrected chi connectivity index (χ0v) is 17.1. The number of nitrogens with one attached hydrogen (secondary N) is 1. The summed E-state index contributed by atoms with van der Waals surface area (Å²) in [5, 5.41) is 23.3. The van der Waals surface area contributed by atoms with E-state index in [1.165, 1.54) is 11.8 Å². The van der Waals surface area contributed by atoms with Gasteiger partial charge in [-0.3, -0.25) is 4.57 Å². The van der Waals surface area contributed by atoms with Gasteiger partial charge < -0.3 is 19.9 Å². The van der Waals surface area contributed by atoms with Crippen molar-refractivity contribution in [3.05, 3.63) is 24.2 Å². The Morgan fingerprint density at radius 3 is 2.86 bits per heavy atom. The molecule has 9 heteroatoms. The topological polar surface area (TPSA) is 109 Å². The summed E-state index contributed by atoms with van der Waals surface area (Å²) in [6.07, 6.45) is 2.67. The van der Waals surface area contributed by atoms with Crippen LogP contribution in [0, 0.1) is 11.8 Å². The van der Waals surface area contributed by atoms with Crippen molar-refractivity contribution in [3.8, 4) is 23.4 Å². The monoisotopic (exact) mass is 413 g/mol. The minimum absolute atomic E-state index is 0.413. The molecule has 1 fully saturated rings. The maximum Gasteiger partial charge on any atom is 0.199 e. The number of hydrogen-bond donors (Lipinski definition) is 3. The number of rotatable bonds is 5. The Bertz CT molecular complexity index is 1050. The molecule has 4 rings (SSSR count). The number of hydrogen-bond acceptors (Lipinski definition) is 8. The summed E-state index contributed by atoms with van der Waals surface area (Å²) in [4.78, 5) is 13.9. The fourth-order valence-corrected chi connectivity index (χ4v) is 4.53. The number of imidazole rings is 1. The third-order valence-electron chi connectivity index (χ3n) is 4.75. The van der Waals surface area contributed by atoms with E-state index in [1.54, 1.807) is 25.4 Å². The van der Waals surface area contributed by atoms with Gasteiger partial charge >= 0.3 is 0 Å². The van der Waals surface area contributed by atoms with E-state index in [1.807, 2.05) is 4.57 Å². The Labute approximate surface area is 172 Å². The lowest BCUT2D eigenvalue weighted by atomic mass is 10.2. The van der Waals surface area contributed by atoms with Crippen LogP contribution in [0.15, 0.2) is 22.8 Å². The molecule has 0 spiro atoms. The quantitative estimate of drug-likeness (QED) is 0.433. The first kappa shape index (κ1) is 19.8. The largest absolute Gasteiger partial charge is 0.461 e. The Morgan fingerprint density at radius 2 is 2.21 bits per heavy atom. The third-order valence-corrected chi connectivity index (χ3v) is 6.12. The highest BCUT2D eigenvalue weighted by Gasteiger charge is 2.38. The fraction of sp³-hybridized carbons (Fsp3) is 0.450. The molecular weight excluding hydrogens is 390 g/mol. The molecule has 0 bridgehead atoms. The van der Waals surface area contributed by atoms with Crippen LogP contribution in [0.25, 0.3) is 22.7 Å². The van der Waals surface area contributed by atoms with E-state index in [2.05, 4.69) is 39.0 Å². The summed E-state index contributed by atoms with van der Waals surface area (Å²) in [7, 11) is 1.77. The van der Waals surface area contributed by atoms with Crippen molar-refractivity contribution >= 4 is 28.7 Å². The second-order valence-electron chi connectivity index (χ2n) is 6.79. The minimum atomic E-state index is -0.936. The number of furan rings is 1. The van der Waals surface area contributed by atoms with Crippen molar-refractivity contribution in [1.82, 2.24) is 19.5 Å². The fourth-order valence-electron chi connectivity index (χ4n) is 3.21. The normalized spacial score (nSPS) is 21.3. The highest BCUT2D eigenvalue weighted by Crippen LogP contribution is 2.40. The molecule has 29 heavy (non-hydrogen) atoms. The summed E-state index contributed by atoms with van der Waals surface area (Å²) in [5.41, 5.74) is 1.11. The molecule has 0 radical (unpaired) electrons. The summed E-state index contributed by atoms with van der Waals surface area (Å²) in [5.74, 6) is 8.73. The number of fused-ring (bicyclic) bond motifs is 1. The van der Waals surface area contributed by atoms with Crippen LogP contribution in [0.2, 0.25) is 0 Å². The predicted octanol–water partition coefficient (Wildman–Crippen LogP) is 2.64. The van der Waals surface area contributed by atoms with Crippen LogP contribution in [-0.2, 0) is 0 Å². The van der Waals surface area contributed by atoms with E-state index in [0.717, 1.165) is 19.3 Å². The SMILES string of the molecule is CCCCC#Cc1nc2c(NC)nc(-c3ccco3)nc2n1[C@@H]1SC[C@@H](O)[C@H]1O. The summed E-state index contributed by atoms with van der Waals surface area (Å²) in [6, 6.07) is 3.56. The van der Waals surface area contributed by atoms with Gasteiger partial charge in [0.2, 0.25) is 0 Å². The molecule has 3 aromatic heterocycles. The number of aliphatic hydroxyl groups excluding tert-OH is 2. The lowest BCUT2D eigenvalue weighted by Gasteiger charge is -2.18. The van der Waals surface area contributed by atoms with Crippen LogP contribution in [-0.4, -0.2) is 54.7 Å². The van der Waals surface area contributed by atoms with Crippen LogP contribution < -0.4 is 5.32 Å². The molecule has 0 aliphatic carbocycles.